The van der Waals surface area contributed by atoms with E-state index in [0.717, 1.165) is 0 Å². The van der Waals surface area contributed by atoms with Gasteiger partial charge in [0.1, 0.15) is 5.52 Å². The van der Waals surface area contributed by atoms with Gasteiger partial charge >= 0.3 is 5.91 Å². The number of amides is 1. The lowest BCUT2D eigenvalue weighted by Gasteiger charge is -2.17. The predicted octanol–water partition coefficient (Wildman–Crippen LogP) is -0.657. The molecule has 0 bridgehead atoms. The Labute approximate surface area is 144 Å². The molecule has 0 aliphatic heterocycles. The van der Waals surface area contributed by atoms with E-state index in [9.17, 15) is 4.79 Å². The highest BCUT2D eigenvalue weighted by Gasteiger charge is 2.15. The molecule has 10 nitrogen and oxygen atoms in total. The molecule has 0 unspecified atom stereocenters. The molecule has 134 valence electrons. The lowest BCUT2D eigenvalue weighted by Crippen LogP contribution is -2.28. The fourth-order valence-electron chi connectivity index (χ4n) is 2.21. The van der Waals surface area contributed by atoms with Crippen LogP contribution in [0.2, 0.25) is 0 Å². The molecule has 10 heteroatoms. The van der Waals surface area contributed by atoms with Gasteiger partial charge in [-0.1, -0.05) is 5.92 Å². The third-order valence-electron chi connectivity index (χ3n) is 3.19. The SMILES string of the molecule is CCOC(Cn1cnc2c(CC#CC(=O)NN)nc(N)nc21)OCC. The summed E-state index contributed by atoms with van der Waals surface area (Å²) >= 11 is 0. The van der Waals surface area contributed by atoms with E-state index in [1.165, 1.54) is 0 Å². The van der Waals surface area contributed by atoms with Gasteiger partial charge in [-0.05, 0) is 19.8 Å². The number of anilines is 1. The third-order valence-corrected chi connectivity index (χ3v) is 3.19. The Kier molecular flexibility index (Phi) is 6.64. The minimum absolute atomic E-state index is 0.0960. The maximum absolute atomic E-state index is 11.1. The van der Waals surface area contributed by atoms with Gasteiger partial charge in [0.05, 0.1) is 25.0 Å². The smallest absolute Gasteiger partial charge is 0.309 e. The fraction of sp³-hybridized carbons (Fsp3) is 0.467. The molecule has 2 aromatic rings. The number of hydrogen-bond acceptors (Lipinski definition) is 8. The number of nitrogen functional groups attached to an aromatic ring is 1. The topological polar surface area (TPSA) is 143 Å². The maximum atomic E-state index is 11.1. The van der Waals surface area contributed by atoms with Crippen LogP contribution in [0.4, 0.5) is 5.95 Å². The van der Waals surface area contributed by atoms with Crippen molar-refractivity contribution in [2.75, 3.05) is 18.9 Å². The van der Waals surface area contributed by atoms with Gasteiger partial charge in [0, 0.05) is 13.2 Å². The molecule has 0 fully saturated rings. The molecule has 0 saturated carbocycles. The molecule has 0 aliphatic rings. The van der Waals surface area contributed by atoms with E-state index in [1.807, 2.05) is 19.3 Å². The van der Waals surface area contributed by atoms with E-state index in [4.69, 9.17) is 21.1 Å². The number of fused-ring (bicyclic) bond motifs is 1. The normalized spacial score (nSPS) is 10.7. The number of hydrogen-bond donors (Lipinski definition) is 3. The number of imidazole rings is 1. The molecule has 0 spiro atoms. The van der Waals surface area contributed by atoms with Crippen molar-refractivity contribution >= 4 is 23.0 Å². The summed E-state index contributed by atoms with van der Waals surface area (Å²) < 4.78 is 12.9. The quantitative estimate of drug-likeness (QED) is 0.197. The molecule has 0 saturated heterocycles. The highest BCUT2D eigenvalue weighted by molar-refractivity contribution is 5.93. The monoisotopic (exact) mass is 347 g/mol. The lowest BCUT2D eigenvalue weighted by molar-refractivity contribution is -0.143. The highest BCUT2D eigenvalue weighted by atomic mass is 16.7. The Balaban J connectivity index is 2.29. The summed E-state index contributed by atoms with van der Waals surface area (Å²) in [7, 11) is 0. The van der Waals surface area contributed by atoms with E-state index in [0.29, 0.717) is 36.6 Å². The molecular formula is C15H21N7O3. The number of carbonyl (C=O) groups excluding carboxylic acids is 1. The molecule has 0 radical (unpaired) electrons. The first kappa shape index (κ1) is 18.6. The molecular weight excluding hydrogens is 326 g/mol. The summed E-state index contributed by atoms with van der Waals surface area (Å²) in [6, 6.07) is 0. The second-order valence-electron chi connectivity index (χ2n) is 4.89. The van der Waals surface area contributed by atoms with Gasteiger partial charge in [0.15, 0.2) is 11.9 Å². The minimum atomic E-state index is -0.583. The van der Waals surface area contributed by atoms with E-state index in [2.05, 4.69) is 26.8 Å². The van der Waals surface area contributed by atoms with Gasteiger partial charge in [-0.15, -0.1) is 0 Å². The summed E-state index contributed by atoms with van der Waals surface area (Å²) in [4.78, 5) is 23.8. The zero-order valence-electron chi connectivity index (χ0n) is 14.2. The van der Waals surface area contributed by atoms with Crippen molar-refractivity contribution < 1.29 is 14.3 Å². The van der Waals surface area contributed by atoms with Crippen molar-refractivity contribution in [3.63, 3.8) is 0 Å². The lowest BCUT2D eigenvalue weighted by atomic mass is 10.2. The second kappa shape index (κ2) is 8.93. The number of nitrogens with one attached hydrogen (secondary N) is 1. The summed E-state index contributed by atoms with van der Waals surface area (Å²) in [6.45, 7) is 5.26. The van der Waals surface area contributed by atoms with Crippen molar-refractivity contribution in [2.24, 2.45) is 5.84 Å². The fourth-order valence-corrected chi connectivity index (χ4v) is 2.21. The molecule has 2 heterocycles. The first-order valence-corrected chi connectivity index (χ1v) is 7.78. The molecule has 0 aromatic carbocycles. The number of ether oxygens (including phenoxy) is 2. The van der Waals surface area contributed by atoms with Gasteiger partial charge in [0.25, 0.3) is 0 Å². The molecule has 0 aliphatic carbocycles. The zero-order valence-corrected chi connectivity index (χ0v) is 14.2. The second-order valence-corrected chi connectivity index (χ2v) is 4.89. The number of nitrogens with zero attached hydrogens (tertiary/aromatic N) is 4. The summed E-state index contributed by atoms with van der Waals surface area (Å²) in [5.74, 6) is 9.50. The molecule has 2 aromatic heterocycles. The van der Waals surface area contributed by atoms with Crippen LogP contribution in [-0.4, -0.2) is 44.9 Å². The Hall–Kier alpha value is -2.74. The van der Waals surface area contributed by atoms with Crippen LogP contribution in [-0.2, 0) is 27.2 Å². The van der Waals surface area contributed by atoms with Crippen LogP contribution in [0.5, 0.6) is 0 Å². The maximum Gasteiger partial charge on any atom is 0.309 e. The van der Waals surface area contributed by atoms with E-state index >= 15 is 0 Å². The van der Waals surface area contributed by atoms with Crippen molar-refractivity contribution in [3.8, 4) is 11.8 Å². The molecule has 1 amide bonds. The largest absolute Gasteiger partial charge is 0.368 e. The van der Waals surface area contributed by atoms with E-state index in [-0.39, 0.29) is 12.4 Å². The number of rotatable bonds is 7. The number of nitrogens with two attached hydrogens (primary N) is 2. The molecule has 5 N–H and O–H groups in total. The molecule has 2 rings (SSSR count). The van der Waals surface area contributed by atoms with Gasteiger partial charge in [-0.3, -0.25) is 10.2 Å². The van der Waals surface area contributed by atoms with Crippen molar-refractivity contribution in [1.29, 1.82) is 0 Å². The van der Waals surface area contributed by atoms with Gasteiger partial charge < -0.3 is 19.8 Å². The summed E-state index contributed by atoms with van der Waals surface area (Å²) in [6.07, 6.45) is 1.39. The Morgan fingerprint density at radius 3 is 2.72 bits per heavy atom. The van der Waals surface area contributed by atoms with Crippen LogP contribution in [0, 0.1) is 11.8 Å². The molecule has 0 atom stereocenters. The standard InChI is InChI=1S/C15H21N7O3/c1-3-24-12(25-4-2)8-22-9-18-13-10(6-5-7-11(23)21-17)19-15(16)20-14(13)22/h9,12H,3-4,6,8,17H2,1-2H3,(H,21,23)(H2,16,19,20). The van der Waals surface area contributed by atoms with Crippen LogP contribution < -0.4 is 17.0 Å². The van der Waals surface area contributed by atoms with E-state index < -0.39 is 12.2 Å². The summed E-state index contributed by atoms with van der Waals surface area (Å²) in [5.41, 5.74) is 9.36. The molecule has 25 heavy (non-hydrogen) atoms. The number of carbonyl (C=O) groups is 1. The first-order chi connectivity index (χ1) is 12.1. The Morgan fingerprint density at radius 2 is 2.08 bits per heavy atom. The average Bonchev–Trinajstić information content (AvgIpc) is 2.98. The summed E-state index contributed by atoms with van der Waals surface area (Å²) in [5, 5.41) is 0. The van der Waals surface area contributed by atoms with Gasteiger partial charge in [0.2, 0.25) is 5.95 Å². The Bertz CT molecular complexity index is 787. The number of aromatic nitrogens is 4. The first-order valence-electron chi connectivity index (χ1n) is 7.78. The van der Waals surface area contributed by atoms with Crippen molar-refractivity contribution in [1.82, 2.24) is 24.9 Å². The highest BCUT2D eigenvalue weighted by Crippen LogP contribution is 2.17. The van der Waals surface area contributed by atoms with Crippen LogP contribution >= 0.6 is 0 Å². The zero-order chi connectivity index (χ0) is 18.2. The third kappa shape index (κ3) is 4.87. The van der Waals surface area contributed by atoms with Gasteiger partial charge in [-0.25, -0.2) is 15.8 Å². The predicted molar refractivity (Wildman–Crippen MR) is 90.6 cm³/mol. The van der Waals surface area contributed by atoms with Crippen LogP contribution in [0.15, 0.2) is 6.33 Å². The van der Waals surface area contributed by atoms with Crippen LogP contribution in [0.3, 0.4) is 0 Å². The average molecular weight is 347 g/mol. The van der Waals surface area contributed by atoms with Crippen LogP contribution in [0.1, 0.15) is 19.5 Å². The minimum Gasteiger partial charge on any atom is -0.368 e. The van der Waals surface area contributed by atoms with Gasteiger partial charge in [-0.2, -0.15) is 4.98 Å². The van der Waals surface area contributed by atoms with Crippen molar-refractivity contribution in [2.45, 2.75) is 33.1 Å². The van der Waals surface area contributed by atoms with E-state index in [1.54, 1.807) is 10.9 Å². The van der Waals surface area contributed by atoms with Crippen molar-refractivity contribution in [3.05, 3.63) is 12.0 Å². The Morgan fingerprint density at radius 1 is 1.36 bits per heavy atom. The van der Waals surface area contributed by atoms with Crippen LogP contribution in [0.25, 0.3) is 11.2 Å². The number of hydrazine groups is 1.